The number of fused-ring (bicyclic) bond motifs is 1. The molecule has 4 heteroatoms. The van der Waals surface area contributed by atoms with Gasteiger partial charge in [0.1, 0.15) is 0 Å². The number of halogens is 1. The molecule has 2 aliphatic heterocycles. The van der Waals surface area contributed by atoms with E-state index in [-0.39, 0.29) is 6.04 Å². The highest BCUT2D eigenvalue weighted by molar-refractivity contribution is 6.31. The molecular weight excluding hydrogens is 282 g/mol. The van der Waals surface area contributed by atoms with Gasteiger partial charge < -0.3 is 5.73 Å². The summed E-state index contributed by atoms with van der Waals surface area (Å²) in [6.07, 6.45) is 2.67. The Morgan fingerprint density at radius 2 is 2.19 bits per heavy atom. The van der Waals surface area contributed by atoms with Gasteiger partial charge >= 0.3 is 0 Å². The van der Waals surface area contributed by atoms with E-state index in [0.717, 1.165) is 23.2 Å². The zero-order chi connectivity index (χ0) is 15.0. The second kappa shape index (κ2) is 6.25. The third-order valence-corrected chi connectivity index (χ3v) is 5.60. The van der Waals surface area contributed by atoms with Crippen molar-refractivity contribution >= 4 is 11.6 Å². The van der Waals surface area contributed by atoms with E-state index < -0.39 is 0 Å². The molecule has 21 heavy (non-hydrogen) atoms. The third-order valence-electron chi connectivity index (χ3n) is 5.19. The number of hydrogen-bond acceptors (Lipinski definition) is 3. The fourth-order valence-electron chi connectivity index (χ4n) is 3.92. The summed E-state index contributed by atoms with van der Waals surface area (Å²) in [6.45, 7) is 8.59. The van der Waals surface area contributed by atoms with Gasteiger partial charge in [-0.3, -0.25) is 9.80 Å². The molecule has 0 aromatic heterocycles. The fourth-order valence-corrected chi connectivity index (χ4v) is 4.11. The lowest BCUT2D eigenvalue weighted by atomic mass is 9.98. The molecule has 2 aliphatic rings. The Morgan fingerprint density at radius 1 is 1.38 bits per heavy atom. The fraction of sp³-hybridized carbons (Fsp3) is 0.647. The molecule has 2 fully saturated rings. The van der Waals surface area contributed by atoms with Crippen molar-refractivity contribution in [2.45, 2.75) is 44.8 Å². The van der Waals surface area contributed by atoms with E-state index in [4.69, 9.17) is 17.3 Å². The van der Waals surface area contributed by atoms with Gasteiger partial charge in [-0.15, -0.1) is 0 Å². The molecular formula is C17H26ClN3. The summed E-state index contributed by atoms with van der Waals surface area (Å²) in [4.78, 5) is 5.24. The molecule has 0 radical (unpaired) electrons. The summed E-state index contributed by atoms with van der Waals surface area (Å²) < 4.78 is 0. The molecule has 0 bridgehead atoms. The minimum absolute atomic E-state index is 0.279. The molecule has 0 amide bonds. The summed E-state index contributed by atoms with van der Waals surface area (Å²) in [6, 6.07) is 7.94. The van der Waals surface area contributed by atoms with Gasteiger partial charge in [0.2, 0.25) is 0 Å². The van der Waals surface area contributed by atoms with Crippen LogP contribution in [-0.4, -0.2) is 48.1 Å². The van der Waals surface area contributed by atoms with Crippen molar-refractivity contribution in [1.29, 1.82) is 0 Å². The topological polar surface area (TPSA) is 32.5 Å². The molecule has 116 valence electrons. The van der Waals surface area contributed by atoms with Crippen LogP contribution in [0.25, 0.3) is 0 Å². The summed E-state index contributed by atoms with van der Waals surface area (Å²) >= 11 is 6.31. The van der Waals surface area contributed by atoms with Crippen molar-refractivity contribution in [2.75, 3.05) is 26.2 Å². The highest BCUT2D eigenvalue weighted by Crippen LogP contribution is 2.32. The number of rotatable bonds is 3. The van der Waals surface area contributed by atoms with Crippen LogP contribution in [0.2, 0.25) is 5.02 Å². The Hall–Kier alpha value is -0.610. The standard InChI is InChI=1S/C17H26ClN3/c1-12-5-6-14(8-16(12)18)17(9-19)21-11-15-4-3-7-20(15)10-13(21)2/h5-6,8,13,15,17H,3-4,7,9-11,19H2,1-2H3. The van der Waals surface area contributed by atoms with Crippen LogP contribution in [0.4, 0.5) is 0 Å². The van der Waals surface area contributed by atoms with Gasteiger partial charge in [-0.2, -0.15) is 0 Å². The number of nitrogens with two attached hydrogens (primary N) is 1. The van der Waals surface area contributed by atoms with Gasteiger partial charge in [0.05, 0.1) is 0 Å². The Labute approximate surface area is 133 Å². The second-order valence-corrected chi connectivity index (χ2v) is 7.00. The first-order valence-corrected chi connectivity index (χ1v) is 8.44. The Kier molecular flexibility index (Phi) is 4.55. The zero-order valence-corrected chi connectivity index (χ0v) is 13.8. The molecule has 0 aliphatic carbocycles. The van der Waals surface area contributed by atoms with Gasteiger partial charge in [-0.05, 0) is 50.4 Å². The van der Waals surface area contributed by atoms with Crippen LogP contribution >= 0.6 is 11.6 Å². The Bertz CT molecular complexity index is 505. The van der Waals surface area contributed by atoms with E-state index in [1.54, 1.807) is 0 Å². The van der Waals surface area contributed by atoms with E-state index >= 15 is 0 Å². The number of piperazine rings is 1. The molecule has 3 rings (SSSR count). The van der Waals surface area contributed by atoms with E-state index in [9.17, 15) is 0 Å². The van der Waals surface area contributed by atoms with Crippen molar-refractivity contribution in [2.24, 2.45) is 5.73 Å². The van der Waals surface area contributed by atoms with Gasteiger partial charge in [0, 0.05) is 42.8 Å². The maximum Gasteiger partial charge on any atom is 0.0475 e. The van der Waals surface area contributed by atoms with Crippen LogP contribution in [-0.2, 0) is 0 Å². The van der Waals surface area contributed by atoms with Gasteiger partial charge in [0.15, 0.2) is 0 Å². The van der Waals surface area contributed by atoms with Crippen LogP contribution in [0, 0.1) is 6.92 Å². The first-order valence-electron chi connectivity index (χ1n) is 8.06. The molecule has 2 N–H and O–H groups in total. The van der Waals surface area contributed by atoms with E-state index in [1.807, 2.05) is 6.92 Å². The maximum atomic E-state index is 6.31. The molecule has 1 aromatic carbocycles. The molecule has 2 heterocycles. The Morgan fingerprint density at radius 3 is 2.90 bits per heavy atom. The van der Waals surface area contributed by atoms with E-state index in [1.165, 1.54) is 31.5 Å². The predicted octanol–water partition coefficient (Wildman–Crippen LogP) is 2.82. The van der Waals surface area contributed by atoms with Gasteiger partial charge in [-0.1, -0.05) is 23.7 Å². The number of aryl methyl sites for hydroxylation is 1. The minimum atomic E-state index is 0.279. The molecule has 1 aromatic rings. The van der Waals surface area contributed by atoms with Crippen molar-refractivity contribution in [1.82, 2.24) is 9.80 Å². The highest BCUT2D eigenvalue weighted by atomic mass is 35.5. The third kappa shape index (κ3) is 2.98. The highest BCUT2D eigenvalue weighted by Gasteiger charge is 2.37. The normalized spacial score (nSPS) is 28.6. The van der Waals surface area contributed by atoms with Gasteiger partial charge in [0.25, 0.3) is 0 Å². The summed E-state index contributed by atoms with van der Waals surface area (Å²) in [5, 5.41) is 0.845. The minimum Gasteiger partial charge on any atom is -0.329 e. The Balaban J connectivity index is 1.83. The van der Waals surface area contributed by atoms with Crippen LogP contribution in [0.1, 0.15) is 36.9 Å². The van der Waals surface area contributed by atoms with Gasteiger partial charge in [-0.25, -0.2) is 0 Å². The molecule has 3 atom stereocenters. The average Bonchev–Trinajstić information content (AvgIpc) is 2.90. The van der Waals surface area contributed by atoms with Crippen molar-refractivity contribution in [3.63, 3.8) is 0 Å². The monoisotopic (exact) mass is 307 g/mol. The van der Waals surface area contributed by atoms with Crippen LogP contribution in [0.15, 0.2) is 18.2 Å². The largest absolute Gasteiger partial charge is 0.329 e. The molecule has 0 spiro atoms. The van der Waals surface area contributed by atoms with Crippen LogP contribution in [0.5, 0.6) is 0 Å². The van der Waals surface area contributed by atoms with E-state index in [0.29, 0.717) is 12.6 Å². The van der Waals surface area contributed by atoms with Crippen molar-refractivity contribution in [3.05, 3.63) is 34.3 Å². The first kappa shape index (κ1) is 15.3. The summed E-state index contributed by atoms with van der Waals surface area (Å²) in [5.74, 6) is 0. The van der Waals surface area contributed by atoms with Crippen molar-refractivity contribution in [3.8, 4) is 0 Å². The summed E-state index contributed by atoms with van der Waals surface area (Å²) in [7, 11) is 0. The average molecular weight is 308 g/mol. The number of hydrogen-bond donors (Lipinski definition) is 1. The maximum absolute atomic E-state index is 6.31. The van der Waals surface area contributed by atoms with Crippen LogP contribution < -0.4 is 5.73 Å². The smallest absolute Gasteiger partial charge is 0.0475 e. The van der Waals surface area contributed by atoms with Crippen LogP contribution in [0.3, 0.4) is 0 Å². The zero-order valence-electron chi connectivity index (χ0n) is 13.1. The molecule has 3 nitrogen and oxygen atoms in total. The predicted molar refractivity (Wildman–Crippen MR) is 88.7 cm³/mol. The molecule has 3 unspecified atom stereocenters. The van der Waals surface area contributed by atoms with Crippen molar-refractivity contribution < 1.29 is 0 Å². The second-order valence-electron chi connectivity index (χ2n) is 6.60. The quantitative estimate of drug-likeness (QED) is 0.932. The lowest BCUT2D eigenvalue weighted by Gasteiger charge is -2.46. The summed E-state index contributed by atoms with van der Waals surface area (Å²) in [5.41, 5.74) is 8.51. The molecule has 0 saturated carbocycles. The molecule has 2 saturated heterocycles. The SMILES string of the molecule is Cc1ccc(C(CN)N2CC3CCCN3CC2C)cc1Cl. The number of benzene rings is 1. The number of nitrogens with zero attached hydrogens (tertiary/aromatic N) is 2. The lowest BCUT2D eigenvalue weighted by molar-refractivity contribution is 0.0296. The first-order chi connectivity index (χ1) is 10.1. The van der Waals surface area contributed by atoms with E-state index in [2.05, 4.69) is 34.9 Å². The lowest BCUT2D eigenvalue weighted by Crippen LogP contribution is -2.56.